The molecule has 0 atom stereocenters. The average Bonchev–Trinajstić information content (AvgIpc) is 2.90. The summed E-state index contributed by atoms with van der Waals surface area (Å²) in [5.41, 5.74) is 2.61. The lowest BCUT2D eigenvalue weighted by Gasteiger charge is -2.21. The quantitative estimate of drug-likeness (QED) is 0.813. The smallest absolute Gasteiger partial charge is 0.257 e. The van der Waals surface area contributed by atoms with Crippen LogP contribution in [0.3, 0.4) is 0 Å². The Bertz CT molecular complexity index is 786. The summed E-state index contributed by atoms with van der Waals surface area (Å²) in [4.78, 5) is 17.3. The number of aryl methyl sites for hydroxylation is 2. The lowest BCUT2D eigenvalue weighted by Crippen LogP contribution is -2.31. The van der Waals surface area contributed by atoms with E-state index in [-0.39, 0.29) is 5.56 Å². The second-order valence-electron chi connectivity index (χ2n) is 5.62. The molecule has 1 aliphatic rings. The van der Waals surface area contributed by atoms with Crippen LogP contribution in [0.15, 0.2) is 21.3 Å². The maximum absolute atomic E-state index is 12.6. The van der Waals surface area contributed by atoms with Crippen LogP contribution in [0.5, 0.6) is 0 Å². The van der Waals surface area contributed by atoms with Crippen molar-refractivity contribution in [1.82, 2.24) is 9.55 Å². The second-order valence-corrected chi connectivity index (χ2v) is 5.99. The molecule has 0 saturated heterocycles. The molecule has 4 nitrogen and oxygen atoms in total. The van der Waals surface area contributed by atoms with Gasteiger partial charge in [-0.3, -0.25) is 9.36 Å². The molecule has 3 rings (SSSR count). The molecule has 0 aromatic carbocycles. The van der Waals surface area contributed by atoms with Gasteiger partial charge in [0.15, 0.2) is 0 Å². The first-order chi connectivity index (χ1) is 10.6. The van der Waals surface area contributed by atoms with Gasteiger partial charge in [0.1, 0.15) is 17.3 Å². The minimum absolute atomic E-state index is 0.0457. The topological polar surface area (TPSA) is 48.0 Å². The molecule has 2 aromatic heterocycles. The monoisotopic (exact) mass is 318 g/mol. The Morgan fingerprint density at radius 2 is 2.23 bits per heavy atom. The third-order valence-electron chi connectivity index (χ3n) is 4.01. The zero-order valence-corrected chi connectivity index (χ0v) is 13.6. The van der Waals surface area contributed by atoms with E-state index in [0.29, 0.717) is 18.8 Å². The lowest BCUT2D eigenvalue weighted by atomic mass is 10.0. The van der Waals surface area contributed by atoms with Crippen molar-refractivity contribution in [1.29, 1.82) is 0 Å². The summed E-state index contributed by atoms with van der Waals surface area (Å²) in [6.07, 6.45) is 4.39. The molecule has 0 radical (unpaired) electrons. The molecule has 0 unspecified atom stereocenters. The maximum Gasteiger partial charge on any atom is 0.257 e. The Labute approximate surface area is 134 Å². The molecule has 5 heteroatoms. The van der Waals surface area contributed by atoms with Gasteiger partial charge in [-0.25, -0.2) is 4.98 Å². The van der Waals surface area contributed by atoms with Crippen LogP contribution in [0.1, 0.15) is 41.4 Å². The predicted molar refractivity (Wildman–Crippen MR) is 88.2 cm³/mol. The highest BCUT2D eigenvalue weighted by Crippen LogP contribution is 2.27. The van der Waals surface area contributed by atoms with Crippen molar-refractivity contribution in [3.63, 3.8) is 0 Å². The number of allylic oxidation sites excluding steroid dienone is 1. The Hall–Kier alpha value is -1.81. The highest BCUT2D eigenvalue weighted by atomic mass is 35.5. The fourth-order valence-corrected chi connectivity index (χ4v) is 3.10. The molecule has 3 heterocycles. The largest absolute Gasteiger partial charge is 0.462 e. The van der Waals surface area contributed by atoms with Crippen molar-refractivity contribution in [2.24, 2.45) is 0 Å². The Morgan fingerprint density at radius 3 is 2.91 bits per heavy atom. The zero-order chi connectivity index (χ0) is 15.7. The van der Waals surface area contributed by atoms with Crippen LogP contribution in [0.25, 0.3) is 11.6 Å². The minimum atomic E-state index is 0.0457. The van der Waals surface area contributed by atoms with Gasteiger partial charge in [-0.2, -0.15) is 0 Å². The molecule has 0 N–H and O–H groups in total. The number of fused-ring (bicyclic) bond motifs is 1. The molecule has 0 amide bonds. The van der Waals surface area contributed by atoms with E-state index in [1.807, 2.05) is 32.1 Å². The third-order valence-corrected chi connectivity index (χ3v) is 4.20. The van der Waals surface area contributed by atoms with Crippen LogP contribution in [-0.4, -0.2) is 15.4 Å². The first-order valence-corrected chi connectivity index (χ1v) is 8.07. The van der Waals surface area contributed by atoms with Gasteiger partial charge >= 0.3 is 0 Å². The highest BCUT2D eigenvalue weighted by molar-refractivity contribution is 6.18. The van der Waals surface area contributed by atoms with Crippen molar-refractivity contribution in [2.75, 3.05) is 5.88 Å². The molecular formula is C17H19ClN2O2. The minimum Gasteiger partial charge on any atom is -0.462 e. The Morgan fingerprint density at radius 1 is 1.41 bits per heavy atom. The molecule has 116 valence electrons. The zero-order valence-electron chi connectivity index (χ0n) is 12.9. The maximum atomic E-state index is 12.6. The number of furan rings is 1. The molecule has 1 aliphatic heterocycles. The summed E-state index contributed by atoms with van der Waals surface area (Å²) in [6, 6.07) is 3.87. The number of rotatable bonds is 3. The molecule has 22 heavy (non-hydrogen) atoms. The number of nitrogens with zero attached hydrogens (tertiary/aromatic N) is 2. The van der Waals surface area contributed by atoms with Gasteiger partial charge in [0.05, 0.1) is 0 Å². The predicted octanol–water partition coefficient (Wildman–Crippen LogP) is 3.57. The molecule has 0 saturated carbocycles. The van der Waals surface area contributed by atoms with E-state index >= 15 is 0 Å². The van der Waals surface area contributed by atoms with Crippen LogP contribution in [0, 0.1) is 13.8 Å². The average molecular weight is 319 g/mol. The van der Waals surface area contributed by atoms with E-state index in [1.165, 1.54) is 0 Å². The molecule has 0 aliphatic carbocycles. The van der Waals surface area contributed by atoms with Crippen molar-refractivity contribution in [3.8, 4) is 0 Å². The number of aromatic nitrogens is 2. The van der Waals surface area contributed by atoms with Crippen molar-refractivity contribution in [2.45, 2.75) is 39.7 Å². The Balaban J connectivity index is 2.11. The van der Waals surface area contributed by atoms with Crippen LogP contribution in [0.4, 0.5) is 0 Å². The van der Waals surface area contributed by atoms with Crippen molar-refractivity contribution < 1.29 is 4.42 Å². The summed E-state index contributed by atoms with van der Waals surface area (Å²) < 4.78 is 7.39. The third kappa shape index (κ3) is 2.75. The van der Waals surface area contributed by atoms with E-state index in [9.17, 15) is 4.79 Å². The molecule has 0 spiro atoms. The number of hydrogen-bond acceptors (Lipinski definition) is 3. The summed E-state index contributed by atoms with van der Waals surface area (Å²) in [5.74, 6) is 2.88. The van der Waals surface area contributed by atoms with Gasteiger partial charge in [0, 0.05) is 23.7 Å². The van der Waals surface area contributed by atoms with Gasteiger partial charge in [0.2, 0.25) is 0 Å². The van der Waals surface area contributed by atoms with Crippen molar-refractivity contribution in [3.05, 3.63) is 51.1 Å². The fraction of sp³-hybridized carbons (Fsp3) is 0.412. The first kappa shape index (κ1) is 15.1. The van der Waals surface area contributed by atoms with Crippen LogP contribution in [-0.2, 0) is 13.0 Å². The van der Waals surface area contributed by atoms with Gasteiger partial charge in [-0.15, -0.1) is 11.6 Å². The SMILES string of the molecule is Cc1ccc(/C=C2\CCCn3c2nc(C)c(CCCl)c3=O)o1. The van der Waals surface area contributed by atoms with Gasteiger partial charge < -0.3 is 4.42 Å². The molecular weight excluding hydrogens is 300 g/mol. The Kier molecular flexibility index (Phi) is 4.21. The van der Waals surface area contributed by atoms with E-state index in [0.717, 1.165) is 47.0 Å². The van der Waals surface area contributed by atoms with Crippen LogP contribution < -0.4 is 5.56 Å². The van der Waals surface area contributed by atoms with Crippen LogP contribution in [0.2, 0.25) is 0 Å². The van der Waals surface area contributed by atoms with Gasteiger partial charge in [-0.05, 0) is 56.9 Å². The first-order valence-electron chi connectivity index (χ1n) is 7.54. The van der Waals surface area contributed by atoms with E-state index in [2.05, 4.69) is 4.98 Å². The summed E-state index contributed by atoms with van der Waals surface area (Å²) in [6.45, 7) is 4.51. The van der Waals surface area contributed by atoms with E-state index < -0.39 is 0 Å². The summed E-state index contributed by atoms with van der Waals surface area (Å²) in [5, 5.41) is 0. The fourth-order valence-electron chi connectivity index (χ4n) is 2.91. The number of halogens is 1. The van der Waals surface area contributed by atoms with Crippen LogP contribution >= 0.6 is 11.6 Å². The second kappa shape index (κ2) is 6.13. The van der Waals surface area contributed by atoms with Gasteiger partial charge in [-0.1, -0.05) is 0 Å². The highest BCUT2D eigenvalue weighted by Gasteiger charge is 2.20. The molecule has 2 aromatic rings. The summed E-state index contributed by atoms with van der Waals surface area (Å²) >= 11 is 5.80. The van der Waals surface area contributed by atoms with E-state index in [4.69, 9.17) is 16.0 Å². The lowest BCUT2D eigenvalue weighted by molar-refractivity contribution is 0.524. The number of alkyl halides is 1. The standard InChI is InChI=1S/C17H19ClN2O2/c1-11-5-6-14(22-11)10-13-4-3-9-20-16(13)19-12(2)15(7-8-18)17(20)21/h5-6,10H,3-4,7-9H2,1-2H3/b13-10+. The van der Waals surface area contributed by atoms with E-state index in [1.54, 1.807) is 4.57 Å². The molecule has 0 bridgehead atoms. The summed E-state index contributed by atoms with van der Waals surface area (Å²) in [7, 11) is 0. The van der Waals surface area contributed by atoms with Crippen molar-refractivity contribution >= 4 is 23.3 Å². The number of hydrogen-bond donors (Lipinski definition) is 0. The normalized spacial score (nSPS) is 16.0. The van der Waals surface area contributed by atoms with Gasteiger partial charge in [0.25, 0.3) is 5.56 Å². The molecule has 0 fully saturated rings.